The lowest BCUT2D eigenvalue weighted by Gasteiger charge is -2.29. The number of hydrogen-bond acceptors (Lipinski definition) is 4. The highest BCUT2D eigenvalue weighted by molar-refractivity contribution is 5.91. The van der Waals surface area contributed by atoms with E-state index in [1.807, 2.05) is 37.1 Å². The summed E-state index contributed by atoms with van der Waals surface area (Å²) < 4.78 is 0. The Morgan fingerprint density at radius 1 is 1.04 bits per heavy atom. The molecule has 1 aromatic heterocycles. The Morgan fingerprint density at radius 3 is 2.21 bits per heavy atom. The summed E-state index contributed by atoms with van der Waals surface area (Å²) in [4.78, 5) is 29.6. The van der Waals surface area contributed by atoms with Gasteiger partial charge in [0.25, 0.3) is 5.56 Å². The lowest BCUT2D eigenvalue weighted by atomic mass is 9.99. The van der Waals surface area contributed by atoms with E-state index in [0.717, 1.165) is 30.1 Å². The van der Waals surface area contributed by atoms with Gasteiger partial charge in [-0.15, -0.1) is 0 Å². The molecule has 0 aliphatic heterocycles. The summed E-state index contributed by atoms with van der Waals surface area (Å²) in [6.45, 7) is 1.89. The number of H-pyrrole nitrogens is 1. The molecule has 0 saturated heterocycles. The number of aromatic amines is 1. The summed E-state index contributed by atoms with van der Waals surface area (Å²) in [5, 5.41) is 8.13. The van der Waals surface area contributed by atoms with Gasteiger partial charge in [-0.1, -0.05) is 18.2 Å². The second-order valence-corrected chi connectivity index (χ2v) is 8.89. The number of nitrogens with one attached hydrogen (secondary N) is 1. The second-order valence-electron chi connectivity index (χ2n) is 8.89. The van der Waals surface area contributed by atoms with E-state index < -0.39 is 0 Å². The maximum Gasteiger partial charge on any atom is 0.272 e. The molecule has 0 radical (unpaired) electrons. The van der Waals surface area contributed by atoms with E-state index in [-0.39, 0.29) is 17.4 Å². The molecule has 2 fully saturated rings. The summed E-state index contributed by atoms with van der Waals surface area (Å²) in [5.41, 5.74) is 0.435. The zero-order chi connectivity index (χ0) is 20.0. The lowest BCUT2D eigenvalue weighted by Crippen LogP contribution is -2.39. The lowest BCUT2D eigenvalue weighted by molar-refractivity contribution is -0.133. The van der Waals surface area contributed by atoms with E-state index in [4.69, 9.17) is 0 Å². The Labute approximate surface area is 165 Å². The van der Waals surface area contributed by atoms with Crippen molar-refractivity contribution in [2.75, 3.05) is 21.1 Å². The number of amides is 1. The van der Waals surface area contributed by atoms with Crippen LogP contribution in [-0.4, -0.2) is 59.1 Å². The zero-order valence-electron chi connectivity index (χ0n) is 17.2. The van der Waals surface area contributed by atoms with Crippen molar-refractivity contribution < 1.29 is 4.79 Å². The second kappa shape index (κ2) is 7.32. The molecule has 1 N–H and O–H groups in total. The highest BCUT2D eigenvalue weighted by Crippen LogP contribution is 2.46. The first-order valence-electron chi connectivity index (χ1n) is 10.3. The van der Waals surface area contributed by atoms with E-state index >= 15 is 0 Å². The van der Waals surface area contributed by atoms with Crippen LogP contribution in [0, 0.1) is 11.8 Å². The number of benzene rings is 1. The smallest absolute Gasteiger partial charge is 0.272 e. The fourth-order valence-electron chi connectivity index (χ4n) is 5.36. The van der Waals surface area contributed by atoms with E-state index in [0.29, 0.717) is 23.2 Å². The van der Waals surface area contributed by atoms with Crippen molar-refractivity contribution in [3.05, 3.63) is 40.3 Å². The fraction of sp³-hybridized carbons (Fsp3) is 0.591. The molecule has 3 unspecified atom stereocenters. The van der Waals surface area contributed by atoms with Crippen molar-refractivity contribution in [3.8, 4) is 0 Å². The molecule has 2 aliphatic rings. The number of aromatic nitrogens is 2. The standard InChI is InChI=1S/C22H30N4O2/c1-13(20-18-7-5-6-8-19(18)21(27)24-23-20)22(28)26(4)17-11-14-9-16(25(2)3)10-15(14)12-17/h5-8,13-17H,9-12H2,1-4H3,(H,24,27)/t13?,14-,15+,16?,17?. The van der Waals surface area contributed by atoms with Crippen LogP contribution in [-0.2, 0) is 4.79 Å². The Hall–Kier alpha value is -2.21. The van der Waals surface area contributed by atoms with E-state index in [2.05, 4.69) is 29.2 Å². The molecule has 2 aliphatic carbocycles. The van der Waals surface area contributed by atoms with Gasteiger partial charge in [0, 0.05) is 24.5 Å². The molecule has 150 valence electrons. The van der Waals surface area contributed by atoms with Gasteiger partial charge >= 0.3 is 0 Å². The quantitative estimate of drug-likeness (QED) is 0.883. The monoisotopic (exact) mass is 382 g/mol. The zero-order valence-corrected chi connectivity index (χ0v) is 17.2. The number of fused-ring (bicyclic) bond motifs is 2. The van der Waals surface area contributed by atoms with Gasteiger partial charge in [-0.25, -0.2) is 5.10 Å². The molecule has 6 nitrogen and oxygen atoms in total. The maximum absolute atomic E-state index is 13.2. The van der Waals surface area contributed by atoms with Crippen LogP contribution in [0.3, 0.4) is 0 Å². The van der Waals surface area contributed by atoms with Crippen LogP contribution in [0.2, 0.25) is 0 Å². The molecule has 2 saturated carbocycles. The van der Waals surface area contributed by atoms with Gasteiger partial charge in [0.2, 0.25) is 5.91 Å². The highest BCUT2D eigenvalue weighted by atomic mass is 16.2. The van der Waals surface area contributed by atoms with Crippen LogP contribution in [0.4, 0.5) is 0 Å². The predicted octanol–water partition coefficient (Wildman–Crippen LogP) is 2.60. The molecule has 0 bridgehead atoms. The van der Waals surface area contributed by atoms with Crippen LogP contribution in [0.25, 0.3) is 10.8 Å². The van der Waals surface area contributed by atoms with Gasteiger partial charge in [0.05, 0.1) is 17.0 Å². The number of hydrogen-bond donors (Lipinski definition) is 1. The van der Waals surface area contributed by atoms with E-state index in [9.17, 15) is 9.59 Å². The van der Waals surface area contributed by atoms with Crippen molar-refractivity contribution in [3.63, 3.8) is 0 Å². The fourth-order valence-corrected chi connectivity index (χ4v) is 5.36. The first-order valence-corrected chi connectivity index (χ1v) is 10.3. The minimum atomic E-state index is -0.387. The molecular formula is C22H30N4O2. The summed E-state index contributed by atoms with van der Waals surface area (Å²) in [7, 11) is 6.27. The number of likely N-dealkylation sites (N-methyl/N-ethyl adjacent to an activating group) is 1. The Balaban J connectivity index is 1.50. The Kier molecular flexibility index (Phi) is 5.00. The first-order chi connectivity index (χ1) is 13.4. The van der Waals surface area contributed by atoms with Crippen molar-refractivity contribution in [2.45, 2.75) is 50.6 Å². The molecule has 6 heteroatoms. The van der Waals surface area contributed by atoms with Crippen LogP contribution >= 0.6 is 0 Å². The minimum absolute atomic E-state index is 0.0823. The van der Waals surface area contributed by atoms with Gasteiger partial charge in [-0.3, -0.25) is 9.59 Å². The molecular weight excluding hydrogens is 352 g/mol. The number of rotatable bonds is 4. The third kappa shape index (κ3) is 3.24. The van der Waals surface area contributed by atoms with E-state index in [1.165, 1.54) is 12.8 Å². The maximum atomic E-state index is 13.2. The van der Waals surface area contributed by atoms with Crippen LogP contribution in [0.1, 0.15) is 44.2 Å². The van der Waals surface area contributed by atoms with Gasteiger partial charge in [-0.05, 0) is 64.6 Å². The summed E-state index contributed by atoms with van der Waals surface area (Å²) in [5.74, 6) is 1.16. The van der Waals surface area contributed by atoms with Gasteiger partial charge in [-0.2, -0.15) is 5.10 Å². The number of carbonyl (C=O) groups excluding carboxylic acids is 1. The van der Waals surface area contributed by atoms with Crippen molar-refractivity contribution in [2.24, 2.45) is 11.8 Å². The molecule has 2 aromatic rings. The first kappa shape index (κ1) is 19.1. The van der Waals surface area contributed by atoms with Crippen molar-refractivity contribution in [1.82, 2.24) is 20.0 Å². The molecule has 1 heterocycles. The van der Waals surface area contributed by atoms with Crippen LogP contribution in [0.15, 0.2) is 29.1 Å². The summed E-state index contributed by atoms with van der Waals surface area (Å²) in [6.07, 6.45) is 4.70. The average molecular weight is 383 g/mol. The highest BCUT2D eigenvalue weighted by Gasteiger charge is 2.44. The van der Waals surface area contributed by atoms with Crippen molar-refractivity contribution in [1.29, 1.82) is 0 Å². The molecule has 1 aromatic carbocycles. The van der Waals surface area contributed by atoms with Gasteiger partial charge in [0.1, 0.15) is 0 Å². The van der Waals surface area contributed by atoms with Gasteiger partial charge in [0.15, 0.2) is 0 Å². The predicted molar refractivity (Wildman–Crippen MR) is 110 cm³/mol. The molecule has 4 rings (SSSR count). The van der Waals surface area contributed by atoms with E-state index in [1.54, 1.807) is 6.07 Å². The normalized spacial score (nSPS) is 27.9. The largest absolute Gasteiger partial charge is 0.342 e. The number of nitrogens with zero attached hydrogens (tertiary/aromatic N) is 3. The SMILES string of the molecule is CC(C(=O)N(C)C1C[C@H]2CC(N(C)C)C[C@H]2C1)c1n[nH]c(=O)c2ccccc12. The third-order valence-corrected chi connectivity index (χ3v) is 7.10. The van der Waals surface area contributed by atoms with Crippen LogP contribution < -0.4 is 5.56 Å². The average Bonchev–Trinajstić information content (AvgIpc) is 3.26. The molecule has 0 spiro atoms. The molecule has 28 heavy (non-hydrogen) atoms. The third-order valence-electron chi connectivity index (χ3n) is 7.10. The van der Waals surface area contributed by atoms with Gasteiger partial charge < -0.3 is 9.80 Å². The molecule has 5 atom stereocenters. The minimum Gasteiger partial charge on any atom is -0.342 e. The Bertz CT molecular complexity index is 924. The van der Waals surface area contributed by atoms with Crippen LogP contribution in [0.5, 0.6) is 0 Å². The Morgan fingerprint density at radius 2 is 1.61 bits per heavy atom. The van der Waals surface area contributed by atoms with Crippen molar-refractivity contribution >= 4 is 16.7 Å². The topological polar surface area (TPSA) is 69.3 Å². The summed E-state index contributed by atoms with van der Waals surface area (Å²) >= 11 is 0. The molecule has 1 amide bonds. The number of carbonyl (C=O) groups is 1. The summed E-state index contributed by atoms with van der Waals surface area (Å²) in [6, 6.07) is 8.36.